The van der Waals surface area contributed by atoms with Gasteiger partial charge in [-0.1, -0.05) is 6.58 Å². The van der Waals surface area contributed by atoms with E-state index in [1.807, 2.05) is 0 Å². The number of alkyl halides is 3. The Balaban J connectivity index is 2.68. The minimum atomic E-state index is -4.65. The fraction of sp³-hybridized carbons (Fsp3) is 0.786. The molecule has 1 atom stereocenters. The molecule has 1 aliphatic rings. The topological polar surface area (TPSA) is 46.5 Å². The summed E-state index contributed by atoms with van der Waals surface area (Å²) >= 11 is 0. The van der Waals surface area contributed by atoms with E-state index in [9.17, 15) is 23.1 Å². The summed E-state index contributed by atoms with van der Waals surface area (Å²) in [5, 5.41) is 9.67. The maximum atomic E-state index is 12.8. The number of carbonyl (C=O) groups excluding carboxylic acids is 1. The molecule has 0 heterocycles. The van der Waals surface area contributed by atoms with Gasteiger partial charge in [-0.2, -0.15) is 13.2 Å². The Morgan fingerprint density at radius 2 is 1.80 bits per heavy atom. The van der Waals surface area contributed by atoms with Crippen LogP contribution in [0.3, 0.4) is 0 Å². The molecule has 0 aromatic rings. The van der Waals surface area contributed by atoms with E-state index in [0.717, 1.165) is 6.92 Å². The van der Waals surface area contributed by atoms with Gasteiger partial charge >= 0.3 is 12.1 Å². The summed E-state index contributed by atoms with van der Waals surface area (Å²) < 4.78 is 43.6. The lowest BCUT2D eigenvalue weighted by molar-refractivity contribution is -0.277. The van der Waals surface area contributed by atoms with Crippen molar-refractivity contribution in [2.45, 2.75) is 63.8 Å². The molecule has 1 rings (SSSR count). The molecule has 1 fully saturated rings. The Kier molecular flexibility index (Phi) is 4.58. The highest BCUT2D eigenvalue weighted by Gasteiger charge is 2.56. The molecule has 0 amide bonds. The number of halogens is 3. The van der Waals surface area contributed by atoms with Crippen LogP contribution in [0.15, 0.2) is 12.2 Å². The summed E-state index contributed by atoms with van der Waals surface area (Å²) in [6.07, 6.45) is -3.75. The summed E-state index contributed by atoms with van der Waals surface area (Å²) in [6, 6.07) is 0. The Hall–Kier alpha value is -1.04. The van der Waals surface area contributed by atoms with Crippen LogP contribution in [-0.4, -0.2) is 28.5 Å². The van der Waals surface area contributed by atoms with Gasteiger partial charge in [0, 0.05) is 5.57 Å². The first-order valence-electron chi connectivity index (χ1n) is 6.57. The van der Waals surface area contributed by atoms with Gasteiger partial charge in [-0.05, 0) is 52.4 Å². The van der Waals surface area contributed by atoms with E-state index in [1.165, 1.54) is 6.92 Å². The molecule has 116 valence electrons. The molecule has 1 saturated carbocycles. The van der Waals surface area contributed by atoms with Crippen molar-refractivity contribution in [3.63, 3.8) is 0 Å². The molecule has 1 N–H and O–H groups in total. The molecule has 1 unspecified atom stereocenters. The Labute approximate surface area is 116 Å². The molecule has 6 heteroatoms. The van der Waals surface area contributed by atoms with Crippen molar-refractivity contribution in [3.05, 3.63) is 12.2 Å². The number of ether oxygens (including phenoxy) is 1. The van der Waals surface area contributed by atoms with Gasteiger partial charge in [0.2, 0.25) is 0 Å². The normalized spacial score (nSPS) is 30.4. The lowest BCUT2D eigenvalue weighted by atomic mass is 9.72. The van der Waals surface area contributed by atoms with Crippen LogP contribution in [0, 0.1) is 5.92 Å². The summed E-state index contributed by atoms with van der Waals surface area (Å²) in [5.41, 5.74) is -3.23. The van der Waals surface area contributed by atoms with Crippen LogP contribution >= 0.6 is 0 Å². The van der Waals surface area contributed by atoms with Crippen molar-refractivity contribution >= 4 is 5.97 Å². The highest BCUT2D eigenvalue weighted by Crippen LogP contribution is 2.45. The monoisotopic (exact) mass is 294 g/mol. The zero-order valence-corrected chi connectivity index (χ0v) is 12.0. The number of rotatable bonds is 3. The molecule has 1 aliphatic carbocycles. The van der Waals surface area contributed by atoms with Gasteiger partial charge in [0.15, 0.2) is 5.60 Å². The van der Waals surface area contributed by atoms with Crippen molar-refractivity contribution in [3.8, 4) is 0 Å². The van der Waals surface area contributed by atoms with E-state index in [4.69, 9.17) is 4.74 Å². The van der Waals surface area contributed by atoms with Gasteiger partial charge < -0.3 is 9.84 Å². The second-order valence-corrected chi connectivity index (χ2v) is 6.04. The zero-order valence-electron chi connectivity index (χ0n) is 12.0. The lowest BCUT2D eigenvalue weighted by Gasteiger charge is -2.42. The fourth-order valence-electron chi connectivity index (χ4n) is 2.43. The van der Waals surface area contributed by atoms with E-state index in [1.54, 1.807) is 6.92 Å². The van der Waals surface area contributed by atoms with Gasteiger partial charge in [-0.3, -0.25) is 0 Å². The third kappa shape index (κ3) is 3.53. The van der Waals surface area contributed by atoms with Crippen LogP contribution in [-0.2, 0) is 9.53 Å². The van der Waals surface area contributed by atoms with Crippen LogP contribution in [0.5, 0.6) is 0 Å². The maximum absolute atomic E-state index is 12.8. The average Bonchev–Trinajstić information content (AvgIpc) is 2.27. The van der Waals surface area contributed by atoms with Gasteiger partial charge in [-0.25, -0.2) is 4.79 Å². The minimum absolute atomic E-state index is 0.159. The summed E-state index contributed by atoms with van der Waals surface area (Å²) in [4.78, 5) is 11.5. The largest absolute Gasteiger partial charge is 0.456 e. The fourth-order valence-corrected chi connectivity index (χ4v) is 2.43. The molecule has 0 saturated heterocycles. The first-order valence-corrected chi connectivity index (χ1v) is 6.57. The Morgan fingerprint density at radius 3 is 2.15 bits per heavy atom. The molecule has 20 heavy (non-hydrogen) atoms. The first-order chi connectivity index (χ1) is 8.89. The van der Waals surface area contributed by atoms with Gasteiger partial charge in [-0.15, -0.1) is 0 Å². The number of carbonyl (C=O) groups is 1. The third-order valence-electron chi connectivity index (χ3n) is 4.10. The van der Waals surface area contributed by atoms with Crippen molar-refractivity contribution in [1.82, 2.24) is 0 Å². The van der Waals surface area contributed by atoms with E-state index in [2.05, 4.69) is 6.58 Å². The quantitative estimate of drug-likeness (QED) is 0.641. The maximum Gasteiger partial charge on any atom is 0.417 e. The van der Waals surface area contributed by atoms with Crippen LogP contribution < -0.4 is 0 Å². The number of esters is 1. The van der Waals surface area contributed by atoms with Gasteiger partial charge in [0.05, 0.1) is 0 Å². The van der Waals surface area contributed by atoms with Crippen LogP contribution in [0.25, 0.3) is 0 Å². The molecule has 0 aliphatic heterocycles. The highest BCUT2D eigenvalue weighted by molar-refractivity contribution is 5.87. The molecule has 3 nitrogen and oxygen atoms in total. The first kappa shape index (κ1) is 17.0. The average molecular weight is 294 g/mol. The predicted octanol–water partition coefficient (Wildman–Crippen LogP) is 3.37. The van der Waals surface area contributed by atoms with Crippen molar-refractivity contribution < 1.29 is 27.8 Å². The van der Waals surface area contributed by atoms with E-state index in [0.29, 0.717) is 12.8 Å². The number of hydrogen-bond acceptors (Lipinski definition) is 3. The van der Waals surface area contributed by atoms with E-state index < -0.39 is 29.3 Å². The van der Waals surface area contributed by atoms with Crippen molar-refractivity contribution in [2.75, 3.05) is 0 Å². The van der Waals surface area contributed by atoms with E-state index >= 15 is 0 Å². The lowest BCUT2D eigenvalue weighted by Crippen LogP contribution is -2.51. The molecule has 0 spiro atoms. The molecular formula is C14H21F3O3. The second kappa shape index (κ2) is 5.39. The van der Waals surface area contributed by atoms with E-state index in [-0.39, 0.29) is 18.4 Å². The van der Waals surface area contributed by atoms with Crippen LogP contribution in [0.1, 0.15) is 46.5 Å². The van der Waals surface area contributed by atoms with Gasteiger partial charge in [0.1, 0.15) is 5.60 Å². The highest BCUT2D eigenvalue weighted by atomic mass is 19.4. The number of aliphatic hydroxyl groups is 1. The predicted molar refractivity (Wildman–Crippen MR) is 67.9 cm³/mol. The standard InChI is InChI=1S/C14H21F3O3/c1-9(2)11(18)20-12(3)7-5-10(6-8-12)13(4,19)14(15,16)17/h10,19H,1,5-8H2,2-4H3. The van der Waals surface area contributed by atoms with Crippen molar-refractivity contribution in [2.24, 2.45) is 5.92 Å². The van der Waals surface area contributed by atoms with Gasteiger partial charge in [0.25, 0.3) is 0 Å². The molecular weight excluding hydrogens is 273 g/mol. The molecule has 0 aromatic heterocycles. The molecule has 0 bridgehead atoms. The summed E-state index contributed by atoms with van der Waals surface area (Å²) in [7, 11) is 0. The Bertz CT molecular complexity index is 391. The van der Waals surface area contributed by atoms with Crippen LogP contribution in [0.2, 0.25) is 0 Å². The smallest absolute Gasteiger partial charge is 0.417 e. The second-order valence-electron chi connectivity index (χ2n) is 6.04. The third-order valence-corrected chi connectivity index (χ3v) is 4.10. The van der Waals surface area contributed by atoms with Crippen LogP contribution in [0.4, 0.5) is 13.2 Å². The summed E-state index contributed by atoms with van der Waals surface area (Å²) in [6.45, 7) is 7.50. The molecule has 0 aromatic carbocycles. The SMILES string of the molecule is C=C(C)C(=O)OC1(C)CCC(C(C)(O)C(F)(F)F)CC1. The summed E-state index contributed by atoms with van der Waals surface area (Å²) in [5.74, 6) is -1.41. The Morgan fingerprint density at radius 1 is 1.35 bits per heavy atom. The number of hydrogen-bond donors (Lipinski definition) is 1. The zero-order chi connectivity index (χ0) is 15.8. The minimum Gasteiger partial charge on any atom is -0.456 e. The van der Waals surface area contributed by atoms with Crippen molar-refractivity contribution in [1.29, 1.82) is 0 Å². The molecule has 0 radical (unpaired) electrons.